The van der Waals surface area contributed by atoms with E-state index in [1.54, 1.807) is 6.20 Å². The zero-order valence-corrected chi connectivity index (χ0v) is 16.0. The van der Waals surface area contributed by atoms with Crippen molar-refractivity contribution in [3.63, 3.8) is 0 Å². The number of halogens is 4. The van der Waals surface area contributed by atoms with Crippen LogP contribution in [0, 0.1) is 0 Å². The zero-order valence-electron chi connectivity index (χ0n) is 15.2. The van der Waals surface area contributed by atoms with Crippen molar-refractivity contribution in [2.24, 2.45) is 0 Å². The van der Waals surface area contributed by atoms with E-state index in [9.17, 15) is 22.8 Å². The molecule has 2 aromatic carbocycles. The van der Waals surface area contributed by atoms with Crippen molar-refractivity contribution < 1.29 is 22.8 Å². The number of hydrogen-bond donors (Lipinski definition) is 2. The number of hydrogen-bond acceptors (Lipinski definition) is 3. The Morgan fingerprint density at radius 1 is 1.20 bits per heavy atom. The van der Waals surface area contributed by atoms with E-state index in [0.717, 1.165) is 17.7 Å². The van der Waals surface area contributed by atoms with Crippen LogP contribution in [0.1, 0.15) is 18.0 Å². The summed E-state index contributed by atoms with van der Waals surface area (Å²) in [6.07, 6.45) is -3.36. The highest BCUT2D eigenvalue weighted by Gasteiger charge is 2.36. The summed E-state index contributed by atoms with van der Waals surface area (Å²) < 4.78 is 40.4. The van der Waals surface area contributed by atoms with Crippen LogP contribution in [-0.4, -0.2) is 21.6 Å². The fourth-order valence-electron chi connectivity index (χ4n) is 3.25. The van der Waals surface area contributed by atoms with Crippen molar-refractivity contribution in [1.29, 1.82) is 0 Å². The number of fused-ring (bicyclic) bond motifs is 1. The first-order chi connectivity index (χ1) is 14.2. The number of amides is 2. The van der Waals surface area contributed by atoms with E-state index in [2.05, 4.69) is 15.7 Å². The largest absolute Gasteiger partial charge is 0.417 e. The molecule has 0 saturated carbocycles. The van der Waals surface area contributed by atoms with Crippen molar-refractivity contribution >= 4 is 34.9 Å². The molecule has 1 aliphatic rings. The lowest BCUT2D eigenvalue weighted by atomic mass is 10.1. The minimum atomic E-state index is -4.65. The molecule has 0 fully saturated rings. The molecular weight excluding hydrogens is 421 g/mol. The summed E-state index contributed by atoms with van der Waals surface area (Å²) in [6.45, 7) is 0. The first kappa shape index (κ1) is 20.0. The Hall–Kier alpha value is -3.33. The Morgan fingerprint density at radius 3 is 2.63 bits per heavy atom. The maximum atomic E-state index is 13.0. The van der Waals surface area contributed by atoms with Crippen LogP contribution in [0.15, 0.2) is 54.7 Å². The monoisotopic (exact) mass is 434 g/mol. The smallest absolute Gasteiger partial charge is 0.326 e. The van der Waals surface area contributed by atoms with Gasteiger partial charge in [0.2, 0.25) is 5.91 Å². The molecule has 10 heteroatoms. The van der Waals surface area contributed by atoms with Crippen LogP contribution >= 0.6 is 11.6 Å². The van der Waals surface area contributed by atoms with E-state index >= 15 is 0 Å². The molecule has 0 saturated heterocycles. The summed E-state index contributed by atoms with van der Waals surface area (Å²) in [5.74, 6) is -0.581. The number of nitrogens with one attached hydrogen (secondary N) is 2. The van der Waals surface area contributed by atoms with Crippen LogP contribution in [0.25, 0.3) is 11.1 Å². The molecule has 30 heavy (non-hydrogen) atoms. The third kappa shape index (κ3) is 3.76. The molecule has 4 rings (SSSR count). The third-order valence-electron chi connectivity index (χ3n) is 4.65. The lowest BCUT2D eigenvalue weighted by molar-refractivity contribution is -0.137. The fraction of sp³-hybridized carbons (Fsp3) is 0.150. The number of rotatable bonds is 4. The quantitative estimate of drug-likeness (QED) is 0.622. The summed E-state index contributed by atoms with van der Waals surface area (Å²) in [6, 6.07) is 11.4. The first-order valence-electron chi connectivity index (χ1n) is 8.84. The maximum Gasteiger partial charge on any atom is 0.417 e. The molecule has 1 aliphatic heterocycles. The van der Waals surface area contributed by atoms with Crippen molar-refractivity contribution in [2.75, 3.05) is 10.6 Å². The van der Waals surface area contributed by atoms with Crippen LogP contribution in [0.2, 0.25) is 5.02 Å². The number of carbonyl (C=O) groups is 2. The van der Waals surface area contributed by atoms with Gasteiger partial charge in [-0.25, -0.2) is 4.68 Å². The van der Waals surface area contributed by atoms with Crippen LogP contribution in [0.3, 0.4) is 0 Å². The molecular formula is C20H14ClF3N4O2. The van der Waals surface area contributed by atoms with Gasteiger partial charge in [0.05, 0.1) is 23.2 Å². The molecule has 6 nitrogen and oxygen atoms in total. The second kappa shape index (κ2) is 7.49. The number of aromatic nitrogens is 2. The van der Waals surface area contributed by atoms with E-state index in [4.69, 9.17) is 11.6 Å². The lowest BCUT2D eigenvalue weighted by Gasteiger charge is -2.13. The van der Waals surface area contributed by atoms with Gasteiger partial charge in [0, 0.05) is 11.3 Å². The minimum absolute atomic E-state index is 0.0687. The van der Waals surface area contributed by atoms with Gasteiger partial charge in [0.25, 0.3) is 5.91 Å². The van der Waals surface area contributed by atoms with Crippen LogP contribution in [0.5, 0.6) is 0 Å². The van der Waals surface area contributed by atoms with E-state index < -0.39 is 34.6 Å². The summed E-state index contributed by atoms with van der Waals surface area (Å²) >= 11 is 5.59. The second-order valence-electron chi connectivity index (χ2n) is 6.67. The normalized spacial score (nSPS) is 15.6. The van der Waals surface area contributed by atoms with Gasteiger partial charge in [-0.1, -0.05) is 41.9 Å². The average molecular weight is 435 g/mol. The Morgan fingerprint density at radius 2 is 1.93 bits per heavy atom. The molecule has 0 aliphatic carbocycles. The molecule has 3 aromatic rings. The number of alkyl halides is 3. The van der Waals surface area contributed by atoms with Gasteiger partial charge in [-0.3, -0.25) is 9.59 Å². The summed E-state index contributed by atoms with van der Waals surface area (Å²) in [7, 11) is 0. The Balaban J connectivity index is 1.52. The second-order valence-corrected chi connectivity index (χ2v) is 7.07. The summed E-state index contributed by atoms with van der Waals surface area (Å²) in [5.41, 5.74) is 0.438. The number of carbonyl (C=O) groups excluding carboxylic acids is 2. The molecule has 2 heterocycles. The van der Waals surface area contributed by atoms with E-state index in [-0.39, 0.29) is 12.1 Å². The minimum Gasteiger partial charge on any atom is -0.326 e. The molecule has 1 unspecified atom stereocenters. The molecule has 0 bridgehead atoms. The SMILES string of the molecule is O=C(CC1C(=O)Nc2c(-c3ccccc3)cnn21)Nc1ccc(Cl)c(C(F)(F)F)c1. The molecule has 154 valence electrons. The molecule has 2 amide bonds. The van der Waals surface area contributed by atoms with Gasteiger partial charge in [0.1, 0.15) is 11.9 Å². The number of benzene rings is 2. The fourth-order valence-corrected chi connectivity index (χ4v) is 3.47. The average Bonchev–Trinajstić information content (AvgIpc) is 3.23. The van der Waals surface area contributed by atoms with Gasteiger partial charge < -0.3 is 10.6 Å². The molecule has 2 N–H and O–H groups in total. The number of nitrogens with zero attached hydrogens (tertiary/aromatic N) is 2. The standard InChI is InChI=1S/C20H14ClF3N4O2/c21-15-7-6-12(8-14(15)20(22,23)24)26-17(29)9-16-19(30)27-18-13(10-25-28(16)18)11-4-2-1-3-5-11/h1-8,10,16H,9H2,(H,26,29)(H,27,30). The Kier molecular flexibility index (Phi) is 4.98. The first-order valence-corrected chi connectivity index (χ1v) is 9.22. The van der Waals surface area contributed by atoms with Gasteiger partial charge in [-0.15, -0.1) is 0 Å². The highest BCUT2D eigenvalue weighted by atomic mass is 35.5. The highest BCUT2D eigenvalue weighted by molar-refractivity contribution is 6.31. The summed E-state index contributed by atoms with van der Waals surface area (Å²) in [5, 5.41) is 8.84. The Bertz CT molecular complexity index is 1130. The van der Waals surface area contributed by atoms with Crippen LogP contribution in [-0.2, 0) is 15.8 Å². The zero-order chi connectivity index (χ0) is 21.5. The maximum absolute atomic E-state index is 13.0. The molecule has 1 atom stereocenters. The van der Waals surface area contributed by atoms with Gasteiger partial charge in [-0.2, -0.15) is 18.3 Å². The summed E-state index contributed by atoms with van der Waals surface area (Å²) in [4.78, 5) is 24.8. The predicted octanol–water partition coefficient (Wildman–Crippen LogP) is 4.74. The molecule has 0 spiro atoms. The van der Waals surface area contributed by atoms with E-state index in [0.29, 0.717) is 11.4 Å². The van der Waals surface area contributed by atoms with Crippen molar-refractivity contribution in [3.05, 3.63) is 65.3 Å². The third-order valence-corrected chi connectivity index (χ3v) is 4.98. The molecule has 0 radical (unpaired) electrons. The predicted molar refractivity (Wildman–Crippen MR) is 105 cm³/mol. The topological polar surface area (TPSA) is 76.0 Å². The van der Waals surface area contributed by atoms with E-state index in [1.165, 1.54) is 10.7 Å². The Labute approximate surface area is 173 Å². The van der Waals surface area contributed by atoms with Crippen LogP contribution < -0.4 is 10.6 Å². The van der Waals surface area contributed by atoms with E-state index in [1.807, 2.05) is 30.3 Å². The van der Waals surface area contributed by atoms with Crippen LogP contribution in [0.4, 0.5) is 24.7 Å². The van der Waals surface area contributed by atoms with Gasteiger partial charge in [-0.05, 0) is 23.8 Å². The highest BCUT2D eigenvalue weighted by Crippen LogP contribution is 2.37. The van der Waals surface area contributed by atoms with Crippen molar-refractivity contribution in [2.45, 2.75) is 18.6 Å². The van der Waals surface area contributed by atoms with Gasteiger partial charge in [0.15, 0.2) is 0 Å². The molecule has 1 aromatic heterocycles. The van der Waals surface area contributed by atoms with Gasteiger partial charge >= 0.3 is 6.18 Å². The lowest BCUT2D eigenvalue weighted by Crippen LogP contribution is -2.23. The van der Waals surface area contributed by atoms with Crippen molar-refractivity contribution in [1.82, 2.24) is 9.78 Å². The van der Waals surface area contributed by atoms with Crippen molar-refractivity contribution in [3.8, 4) is 11.1 Å². The number of anilines is 2.